The quantitative estimate of drug-likeness (QED) is 0.118. The molecule has 0 spiro atoms. The number of quaternary nitrogens is 1. The standard InChI is InChI=1S/C27H42NO4.BrH/c1-5-28(6-2,7-3)19-15-13-11-9-8-10-12-14-16-26(29)31-23-17-18-24-22(4)20-27(30)32-25(24)21-23;/h17-18,20-21H,5-16,19H2,1-4H3;1H/q+1;/p-1. The van der Waals surface area contributed by atoms with E-state index in [1.165, 1.54) is 75.3 Å². The van der Waals surface area contributed by atoms with Gasteiger partial charge >= 0.3 is 11.6 Å². The van der Waals surface area contributed by atoms with Crippen molar-refractivity contribution in [1.29, 1.82) is 0 Å². The van der Waals surface area contributed by atoms with E-state index in [-0.39, 0.29) is 23.0 Å². The van der Waals surface area contributed by atoms with E-state index in [9.17, 15) is 9.59 Å². The van der Waals surface area contributed by atoms with Gasteiger partial charge in [0.2, 0.25) is 0 Å². The van der Waals surface area contributed by atoms with Crippen LogP contribution >= 0.6 is 0 Å². The maximum absolute atomic E-state index is 12.1. The molecule has 0 radical (unpaired) electrons. The molecule has 0 aliphatic rings. The molecular formula is C27H42BrNO4. The van der Waals surface area contributed by atoms with Crippen LogP contribution in [0.15, 0.2) is 33.5 Å². The van der Waals surface area contributed by atoms with Gasteiger partial charge in [-0.2, -0.15) is 0 Å². The van der Waals surface area contributed by atoms with Crippen LogP contribution in [0.3, 0.4) is 0 Å². The zero-order valence-electron chi connectivity index (χ0n) is 21.0. The zero-order valence-corrected chi connectivity index (χ0v) is 22.5. The summed E-state index contributed by atoms with van der Waals surface area (Å²) in [6.45, 7) is 13.8. The molecule has 0 amide bonds. The highest BCUT2D eigenvalue weighted by Crippen LogP contribution is 2.23. The number of carbonyl (C=O) groups is 1. The van der Waals surface area contributed by atoms with Crippen LogP contribution in [0.25, 0.3) is 11.0 Å². The molecule has 0 saturated carbocycles. The zero-order chi connectivity index (χ0) is 23.4. The third-order valence-corrected chi connectivity index (χ3v) is 6.93. The number of nitrogens with zero attached hydrogens (tertiary/aromatic N) is 1. The van der Waals surface area contributed by atoms with Crippen LogP contribution in [0.2, 0.25) is 0 Å². The predicted octanol–water partition coefficient (Wildman–Crippen LogP) is 3.40. The van der Waals surface area contributed by atoms with Gasteiger partial charge in [0.1, 0.15) is 11.3 Å². The summed E-state index contributed by atoms with van der Waals surface area (Å²) < 4.78 is 11.9. The van der Waals surface area contributed by atoms with Crippen LogP contribution in [0.5, 0.6) is 5.75 Å². The highest BCUT2D eigenvalue weighted by Gasteiger charge is 2.19. The molecule has 33 heavy (non-hydrogen) atoms. The summed E-state index contributed by atoms with van der Waals surface area (Å²) in [6, 6.07) is 6.65. The largest absolute Gasteiger partial charge is 1.00 e. The van der Waals surface area contributed by atoms with E-state index in [1.54, 1.807) is 12.1 Å². The highest BCUT2D eigenvalue weighted by molar-refractivity contribution is 5.82. The Morgan fingerprint density at radius 3 is 2.06 bits per heavy atom. The van der Waals surface area contributed by atoms with Crippen LogP contribution in [0.1, 0.15) is 84.1 Å². The minimum atomic E-state index is -0.395. The number of aryl methyl sites for hydroxylation is 1. The van der Waals surface area contributed by atoms with Gasteiger partial charge in [-0.15, -0.1) is 0 Å². The molecule has 1 heterocycles. The lowest BCUT2D eigenvalue weighted by Crippen LogP contribution is -3.00. The van der Waals surface area contributed by atoms with Gasteiger partial charge in [0.15, 0.2) is 0 Å². The fraction of sp³-hybridized carbons (Fsp3) is 0.630. The van der Waals surface area contributed by atoms with E-state index in [4.69, 9.17) is 9.15 Å². The highest BCUT2D eigenvalue weighted by atomic mass is 79.9. The number of esters is 1. The second-order valence-electron chi connectivity index (χ2n) is 8.97. The fourth-order valence-corrected chi connectivity index (χ4v) is 4.47. The molecule has 0 aliphatic carbocycles. The van der Waals surface area contributed by atoms with Gasteiger partial charge in [-0.3, -0.25) is 4.79 Å². The van der Waals surface area contributed by atoms with Gasteiger partial charge in [0.05, 0.1) is 26.2 Å². The number of ether oxygens (including phenoxy) is 1. The number of rotatable bonds is 15. The van der Waals surface area contributed by atoms with Crippen LogP contribution in [-0.2, 0) is 4.79 Å². The van der Waals surface area contributed by atoms with E-state index in [0.717, 1.165) is 23.8 Å². The van der Waals surface area contributed by atoms with Gasteiger partial charge in [0, 0.05) is 23.9 Å². The maximum atomic E-state index is 12.1. The second-order valence-corrected chi connectivity index (χ2v) is 8.97. The third-order valence-electron chi connectivity index (χ3n) is 6.93. The summed E-state index contributed by atoms with van der Waals surface area (Å²) in [5, 5.41) is 0.851. The van der Waals surface area contributed by atoms with Crippen LogP contribution < -0.4 is 27.3 Å². The number of hydrogen-bond donors (Lipinski definition) is 0. The fourth-order valence-electron chi connectivity index (χ4n) is 4.47. The third kappa shape index (κ3) is 9.62. The second kappa shape index (κ2) is 15.3. The first-order chi connectivity index (χ1) is 15.4. The molecule has 186 valence electrons. The number of halogens is 1. The molecule has 1 aromatic carbocycles. The minimum Gasteiger partial charge on any atom is -1.00 e. The van der Waals surface area contributed by atoms with Crippen molar-refractivity contribution in [3.8, 4) is 5.75 Å². The molecule has 0 bridgehead atoms. The summed E-state index contributed by atoms with van der Waals surface area (Å²) in [6.07, 6.45) is 10.0. The summed E-state index contributed by atoms with van der Waals surface area (Å²) in [4.78, 5) is 23.7. The van der Waals surface area contributed by atoms with E-state index < -0.39 is 5.63 Å². The molecule has 5 nitrogen and oxygen atoms in total. The first kappa shape index (κ1) is 29.4. The Bertz CT molecular complexity index is 896. The maximum Gasteiger partial charge on any atom is 0.336 e. The van der Waals surface area contributed by atoms with Gasteiger partial charge in [-0.05, 0) is 64.7 Å². The van der Waals surface area contributed by atoms with Gasteiger partial charge in [-0.25, -0.2) is 4.79 Å². The molecule has 0 saturated heterocycles. The van der Waals surface area contributed by atoms with Crippen molar-refractivity contribution >= 4 is 16.9 Å². The molecule has 0 aliphatic heterocycles. The molecule has 2 aromatic rings. The Kier molecular flexibility index (Phi) is 13.6. The lowest BCUT2D eigenvalue weighted by atomic mass is 10.1. The summed E-state index contributed by atoms with van der Waals surface area (Å²) in [7, 11) is 0. The topological polar surface area (TPSA) is 56.5 Å². The lowest BCUT2D eigenvalue weighted by Gasteiger charge is -2.35. The number of fused-ring (bicyclic) bond motifs is 1. The molecule has 0 N–H and O–H groups in total. The Morgan fingerprint density at radius 1 is 0.879 bits per heavy atom. The van der Waals surface area contributed by atoms with Crippen molar-refractivity contribution in [3.63, 3.8) is 0 Å². The van der Waals surface area contributed by atoms with Crippen molar-refractivity contribution in [2.75, 3.05) is 26.2 Å². The molecule has 0 atom stereocenters. The van der Waals surface area contributed by atoms with E-state index in [1.807, 2.05) is 13.0 Å². The van der Waals surface area contributed by atoms with E-state index >= 15 is 0 Å². The van der Waals surface area contributed by atoms with Crippen molar-refractivity contribution in [2.24, 2.45) is 0 Å². The summed E-state index contributed by atoms with van der Waals surface area (Å²) in [5.41, 5.74) is 0.905. The predicted molar refractivity (Wildman–Crippen MR) is 131 cm³/mol. The van der Waals surface area contributed by atoms with Crippen molar-refractivity contribution in [3.05, 3.63) is 40.2 Å². The number of benzene rings is 1. The molecule has 0 unspecified atom stereocenters. The molecular weight excluding hydrogens is 482 g/mol. The number of hydrogen-bond acceptors (Lipinski definition) is 4. The average molecular weight is 525 g/mol. The summed E-state index contributed by atoms with van der Waals surface area (Å²) in [5.74, 6) is 0.192. The van der Waals surface area contributed by atoms with E-state index in [2.05, 4.69) is 20.8 Å². The van der Waals surface area contributed by atoms with Crippen molar-refractivity contribution in [2.45, 2.75) is 85.5 Å². The Labute approximate surface area is 209 Å². The molecule has 0 fully saturated rings. The first-order valence-electron chi connectivity index (χ1n) is 12.5. The minimum absolute atomic E-state index is 0. The number of carbonyl (C=O) groups excluding carboxylic acids is 1. The monoisotopic (exact) mass is 523 g/mol. The van der Waals surface area contributed by atoms with Crippen molar-refractivity contribution in [1.82, 2.24) is 0 Å². The van der Waals surface area contributed by atoms with Crippen LogP contribution in [-0.4, -0.2) is 36.6 Å². The van der Waals surface area contributed by atoms with Gasteiger partial charge in [0.25, 0.3) is 0 Å². The SMILES string of the molecule is CC[N+](CC)(CC)CCCCCCCCCCC(=O)Oc1ccc2c(C)cc(=O)oc2c1.[Br-]. The Balaban J connectivity index is 0.00000544. The smallest absolute Gasteiger partial charge is 0.336 e. The van der Waals surface area contributed by atoms with Crippen LogP contribution in [0.4, 0.5) is 0 Å². The molecule has 2 rings (SSSR count). The Hall–Kier alpha value is -1.66. The van der Waals surface area contributed by atoms with E-state index in [0.29, 0.717) is 17.8 Å². The number of unbranched alkanes of at least 4 members (excludes halogenated alkanes) is 7. The molecule has 1 aromatic heterocycles. The van der Waals surface area contributed by atoms with Gasteiger partial charge < -0.3 is 30.6 Å². The summed E-state index contributed by atoms with van der Waals surface area (Å²) >= 11 is 0. The first-order valence-corrected chi connectivity index (χ1v) is 12.5. The average Bonchev–Trinajstić information content (AvgIpc) is 2.77. The van der Waals surface area contributed by atoms with Gasteiger partial charge in [-0.1, -0.05) is 32.1 Å². The normalized spacial score (nSPS) is 11.4. The lowest BCUT2D eigenvalue weighted by molar-refractivity contribution is -0.923. The van der Waals surface area contributed by atoms with Crippen LogP contribution in [0, 0.1) is 6.92 Å². The molecule has 6 heteroatoms. The van der Waals surface area contributed by atoms with Crippen molar-refractivity contribution < 1.29 is 35.4 Å². The Morgan fingerprint density at radius 2 is 1.45 bits per heavy atom.